The number of aliphatic carboxylic acids is 1. The predicted octanol–water partition coefficient (Wildman–Crippen LogP) is 2.10. The van der Waals surface area contributed by atoms with Crippen LogP contribution in [0.1, 0.15) is 29.4 Å². The summed E-state index contributed by atoms with van der Waals surface area (Å²) < 4.78 is 35.2. The monoisotopic (exact) mass is 506 g/mol. The molecule has 4 heterocycles. The lowest BCUT2D eigenvalue weighted by atomic mass is 10.1. The van der Waals surface area contributed by atoms with Crippen LogP contribution in [0.2, 0.25) is 0 Å². The number of carboxylic acids is 1. The average Bonchev–Trinajstić information content (AvgIpc) is 3.18. The van der Waals surface area contributed by atoms with Crippen molar-refractivity contribution in [2.45, 2.75) is 32.0 Å². The Kier molecular flexibility index (Phi) is 6.61. The number of hydrogen-bond donors (Lipinski definition) is 2. The van der Waals surface area contributed by atoms with Crippen molar-refractivity contribution < 1.29 is 32.5 Å². The number of nitrogens with zero attached hydrogens (tertiary/aromatic N) is 4. The summed E-state index contributed by atoms with van der Waals surface area (Å²) in [6, 6.07) is 2.17. The zero-order valence-electron chi connectivity index (χ0n) is 18.7. The Balaban J connectivity index is 0.000000364. The van der Waals surface area contributed by atoms with Crippen LogP contribution in [-0.2, 0) is 11.8 Å². The van der Waals surface area contributed by atoms with Crippen molar-refractivity contribution in [1.29, 1.82) is 0 Å². The standard InChI is InChI=1S/C20H20N6OS.C2HF3O2/c1-12(13-3-4-13)24-20(27)18-5-14(11-28-18)17-8-23-26-10-15(6-21-19(17)26)16-7-22-25(2)9-16;3-2(4,5)1(6)7/h5-13H,3-4H2,1-2H3,(H,24,27);(H,6,7). The minimum atomic E-state index is -5.19. The van der Waals surface area contributed by atoms with Gasteiger partial charge >= 0.3 is 6.18 Å². The Morgan fingerprint density at radius 1 is 1.29 bits per heavy atom. The van der Waals surface area contributed by atoms with Gasteiger partial charge in [-0.1, -0.05) is 0 Å². The third kappa shape index (κ3) is 5.67. The van der Waals surface area contributed by atoms with E-state index in [0.717, 1.165) is 32.8 Å². The summed E-state index contributed by atoms with van der Waals surface area (Å²) >= 11 is 1.46. The smallest absolute Gasteiger partial charge is 0.430 e. The van der Waals surface area contributed by atoms with Crippen LogP contribution in [-0.4, -0.2) is 43.8 Å². The number of aromatic nitrogens is 5. The summed E-state index contributed by atoms with van der Waals surface area (Å²) in [5.41, 5.74) is 4.71. The summed E-state index contributed by atoms with van der Waals surface area (Å²) in [6.07, 6.45) is 6.79. The number of carbonyl (C=O) groups excluding carboxylic acids is 2. The molecule has 4 aromatic heterocycles. The summed E-state index contributed by atoms with van der Waals surface area (Å²) in [4.78, 5) is 26.6. The fourth-order valence-electron chi connectivity index (χ4n) is 3.43. The molecule has 1 amide bonds. The van der Waals surface area contributed by atoms with E-state index in [0.29, 0.717) is 5.92 Å². The molecule has 1 aliphatic carbocycles. The highest BCUT2D eigenvalue weighted by Crippen LogP contribution is 2.33. The summed E-state index contributed by atoms with van der Waals surface area (Å²) in [7, 11) is 1.94. The Morgan fingerprint density at radius 2 is 2.00 bits per heavy atom. The van der Waals surface area contributed by atoms with E-state index in [1.54, 1.807) is 10.7 Å². The number of carboxylic acid groups (broad SMARTS) is 1. The summed E-state index contributed by atoms with van der Waals surface area (Å²) in [5.74, 6) is -2.36. The molecule has 1 fully saturated rings. The van der Waals surface area contributed by atoms with Gasteiger partial charge < -0.3 is 15.2 Å². The predicted molar refractivity (Wildman–Crippen MR) is 118 cm³/mol. The van der Waals surface area contributed by atoms with Gasteiger partial charge in [0, 0.05) is 29.6 Å². The van der Waals surface area contributed by atoms with Crippen molar-refractivity contribution >= 4 is 28.9 Å². The van der Waals surface area contributed by atoms with E-state index in [4.69, 9.17) is 9.90 Å². The second-order valence-corrected chi connectivity index (χ2v) is 9.13. The largest absolute Gasteiger partial charge is 0.542 e. The molecule has 5 rings (SSSR count). The molecule has 0 saturated heterocycles. The number of nitrogens with one attached hydrogen (secondary N) is 2. The Labute approximate surface area is 201 Å². The van der Waals surface area contributed by atoms with Gasteiger partial charge in [0.1, 0.15) is 5.97 Å². The van der Waals surface area contributed by atoms with Crippen molar-refractivity contribution in [3.8, 4) is 22.3 Å². The van der Waals surface area contributed by atoms with Crippen LogP contribution in [0.4, 0.5) is 13.2 Å². The first-order valence-corrected chi connectivity index (χ1v) is 11.5. The number of carbonyl (C=O) groups is 2. The molecule has 9 nitrogen and oxygen atoms in total. The van der Waals surface area contributed by atoms with E-state index in [2.05, 4.69) is 27.4 Å². The molecule has 1 aliphatic rings. The van der Waals surface area contributed by atoms with Crippen molar-refractivity contribution in [2.24, 2.45) is 13.0 Å². The lowest BCUT2D eigenvalue weighted by Crippen LogP contribution is -2.37. The first kappa shape index (κ1) is 24.4. The molecule has 184 valence electrons. The first-order valence-electron chi connectivity index (χ1n) is 10.6. The van der Waals surface area contributed by atoms with Gasteiger partial charge in [-0.15, -0.1) is 16.0 Å². The molecule has 1 atom stereocenters. The second kappa shape index (κ2) is 9.49. The molecule has 1 unspecified atom stereocenters. The number of amides is 1. The Morgan fingerprint density at radius 3 is 2.60 bits per heavy atom. The lowest BCUT2D eigenvalue weighted by molar-refractivity contribution is -0.726. The van der Waals surface area contributed by atoms with Crippen LogP contribution in [0, 0.1) is 5.92 Å². The van der Waals surface area contributed by atoms with Crippen molar-refractivity contribution in [2.75, 3.05) is 0 Å². The first-order chi connectivity index (χ1) is 16.5. The van der Waals surface area contributed by atoms with Crippen molar-refractivity contribution in [3.05, 3.63) is 47.3 Å². The van der Waals surface area contributed by atoms with Gasteiger partial charge in [0.2, 0.25) is 6.20 Å². The maximum Gasteiger partial charge on any atom is 0.430 e. The van der Waals surface area contributed by atoms with Gasteiger partial charge in [-0.3, -0.25) is 4.79 Å². The van der Waals surface area contributed by atoms with Gasteiger partial charge in [-0.2, -0.15) is 23.4 Å². The van der Waals surface area contributed by atoms with Crippen LogP contribution >= 0.6 is 11.3 Å². The molecule has 0 aromatic carbocycles. The lowest BCUT2D eigenvalue weighted by Gasteiger charge is -2.11. The number of fused-ring (bicyclic) bond motifs is 1. The zero-order chi connectivity index (χ0) is 25.3. The van der Waals surface area contributed by atoms with Crippen molar-refractivity contribution in [3.63, 3.8) is 0 Å². The Bertz CT molecular complexity index is 1370. The molecule has 35 heavy (non-hydrogen) atoms. The molecule has 0 spiro atoms. The molecule has 0 bridgehead atoms. The molecule has 1 saturated carbocycles. The van der Waals surface area contributed by atoms with Gasteiger partial charge in [0.25, 0.3) is 5.91 Å². The number of H-pyrrole nitrogens is 1. The Hall–Kier alpha value is -3.74. The van der Waals surface area contributed by atoms with Gasteiger partial charge in [-0.25, -0.2) is 9.50 Å². The molecule has 4 aromatic rings. The molecule has 13 heteroatoms. The number of thiophene rings is 1. The fourth-order valence-corrected chi connectivity index (χ4v) is 4.24. The number of aromatic amines is 1. The third-order valence-corrected chi connectivity index (χ3v) is 6.43. The van der Waals surface area contributed by atoms with Crippen molar-refractivity contribution in [1.82, 2.24) is 25.0 Å². The highest BCUT2D eigenvalue weighted by atomic mass is 32.1. The zero-order valence-corrected chi connectivity index (χ0v) is 19.5. The molecule has 2 N–H and O–H groups in total. The van der Waals surface area contributed by atoms with Gasteiger partial charge in [0.15, 0.2) is 12.7 Å². The highest BCUT2D eigenvalue weighted by molar-refractivity contribution is 7.12. The van der Waals surface area contributed by atoms with Crippen LogP contribution in [0.5, 0.6) is 0 Å². The highest BCUT2D eigenvalue weighted by Gasteiger charge is 2.30. The molecule has 0 aliphatic heterocycles. The second-order valence-electron chi connectivity index (χ2n) is 8.22. The van der Waals surface area contributed by atoms with Crippen LogP contribution in [0.3, 0.4) is 0 Å². The normalized spacial score (nSPS) is 14.3. The van der Waals surface area contributed by atoms with E-state index in [-0.39, 0.29) is 11.9 Å². The maximum atomic E-state index is 12.5. The quantitative estimate of drug-likeness (QED) is 0.402. The number of halogens is 3. The van der Waals surface area contributed by atoms with E-state index in [9.17, 15) is 18.0 Å². The minimum Gasteiger partial charge on any atom is -0.542 e. The van der Waals surface area contributed by atoms with Crippen LogP contribution in [0.15, 0.2) is 42.4 Å². The number of alkyl halides is 3. The fraction of sp³-hybridized carbons (Fsp3) is 0.318. The van der Waals surface area contributed by atoms with E-state index < -0.39 is 12.1 Å². The SMILES string of the molecule is CC(NC(=O)c1cc(-c2cnn3cc(-c4c[nH][n+](C)c4)cnc23)cs1)C1CC1.O=C([O-])C(F)(F)F. The number of hydrogen-bond acceptors (Lipinski definition) is 6. The number of aryl methyl sites for hydroxylation is 1. The molecular weight excluding hydrogens is 485 g/mol. The third-order valence-electron chi connectivity index (χ3n) is 5.50. The van der Waals surface area contributed by atoms with E-state index in [1.807, 2.05) is 48.0 Å². The summed E-state index contributed by atoms with van der Waals surface area (Å²) in [6.45, 7) is 2.08. The van der Waals surface area contributed by atoms with Crippen LogP contribution in [0.25, 0.3) is 27.9 Å². The topological polar surface area (TPSA) is 119 Å². The van der Waals surface area contributed by atoms with Gasteiger partial charge in [-0.05, 0) is 42.7 Å². The van der Waals surface area contributed by atoms with Gasteiger partial charge in [0.05, 0.1) is 22.8 Å². The van der Waals surface area contributed by atoms with Crippen LogP contribution < -0.4 is 15.1 Å². The minimum absolute atomic E-state index is 0.00250. The van der Waals surface area contributed by atoms with E-state index >= 15 is 0 Å². The maximum absolute atomic E-state index is 12.5. The number of rotatable bonds is 5. The summed E-state index contributed by atoms with van der Waals surface area (Å²) in [5, 5.41) is 21.5. The molecular formula is C22H21F3N6O3S. The molecule has 0 radical (unpaired) electrons. The average molecular weight is 507 g/mol. The van der Waals surface area contributed by atoms with E-state index in [1.165, 1.54) is 24.2 Å².